The number of aromatic amines is 1. The molecule has 30 heavy (non-hydrogen) atoms. The van der Waals surface area contributed by atoms with Crippen LogP contribution in [0, 0.1) is 0 Å². The number of nitrogens with zero attached hydrogens (tertiary/aromatic N) is 1. The Bertz CT molecular complexity index is 934. The van der Waals surface area contributed by atoms with Gasteiger partial charge in [-0.3, -0.25) is 14.3 Å². The third kappa shape index (κ3) is 5.74. The largest absolute Gasteiger partial charge is 0.460 e. The minimum absolute atomic E-state index is 0.685. The van der Waals surface area contributed by atoms with Gasteiger partial charge in [0.1, 0.15) is 18.3 Å². The van der Waals surface area contributed by atoms with Gasteiger partial charge in [-0.15, -0.1) is 0 Å². The number of rotatable bonds is 4. The number of alkyl halides is 6. The van der Waals surface area contributed by atoms with Gasteiger partial charge < -0.3 is 19.3 Å². The maximum atomic E-state index is 12.1. The molecule has 4 atom stereocenters. The Kier molecular flexibility index (Phi) is 7.69. The Morgan fingerprint density at radius 2 is 1.77 bits per heavy atom. The lowest BCUT2D eigenvalue weighted by molar-refractivity contribution is -0.164. The van der Waals surface area contributed by atoms with Crippen molar-refractivity contribution < 1.29 is 28.9 Å². The number of carbonyl (C=O) groups is 2. The molecule has 2 rings (SSSR count). The molecule has 1 aliphatic heterocycles. The van der Waals surface area contributed by atoms with E-state index in [1.54, 1.807) is 0 Å². The standard InChI is InChI=1S/C14H12Cl6N2O8/c1-12(27)7(30-10(25)14(18,19)20)5(4-28-9(24)13(15,16)17)29-8(12)22-3-2-6(23)21-11(22)26/h2-3,5,7-8,27H,4H2,1H3,(H,21,23,26). The second kappa shape index (κ2) is 9.03. The van der Waals surface area contributed by atoms with Crippen LogP contribution in [0.25, 0.3) is 0 Å². The summed E-state index contributed by atoms with van der Waals surface area (Å²) in [6.45, 7) is 0.456. The average molecular weight is 549 g/mol. The van der Waals surface area contributed by atoms with Crippen LogP contribution in [0.4, 0.5) is 0 Å². The summed E-state index contributed by atoms with van der Waals surface area (Å²) in [6.07, 6.45) is -3.50. The molecule has 2 heterocycles. The molecule has 1 aromatic rings. The lowest BCUT2D eigenvalue weighted by Gasteiger charge is -2.30. The molecule has 0 radical (unpaired) electrons. The zero-order valence-corrected chi connectivity index (χ0v) is 19.1. The van der Waals surface area contributed by atoms with E-state index in [4.69, 9.17) is 83.8 Å². The lowest BCUT2D eigenvalue weighted by atomic mass is 9.96. The summed E-state index contributed by atoms with van der Waals surface area (Å²) >= 11 is 32.7. The third-order valence-corrected chi connectivity index (χ3v) is 4.82. The smallest absolute Gasteiger partial charge is 0.359 e. The Morgan fingerprint density at radius 1 is 1.20 bits per heavy atom. The molecule has 1 aliphatic rings. The number of aliphatic hydroxyl groups is 1. The minimum Gasteiger partial charge on any atom is -0.460 e. The molecule has 0 bridgehead atoms. The minimum atomic E-state index is -2.51. The number of halogens is 6. The fourth-order valence-electron chi connectivity index (χ4n) is 2.59. The van der Waals surface area contributed by atoms with E-state index in [0.717, 1.165) is 23.8 Å². The summed E-state index contributed by atoms with van der Waals surface area (Å²) in [5, 5.41) is 11.0. The first kappa shape index (κ1) is 25.5. The number of hydrogen-bond acceptors (Lipinski definition) is 8. The maximum Gasteiger partial charge on any atom is 0.359 e. The molecule has 2 N–H and O–H groups in total. The quantitative estimate of drug-likeness (QED) is 0.425. The van der Waals surface area contributed by atoms with E-state index in [0.29, 0.717) is 0 Å². The number of nitrogens with one attached hydrogen (secondary N) is 1. The Labute approximate surface area is 197 Å². The Balaban J connectivity index is 2.39. The molecule has 168 valence electrons. The van der Waals surface area contributed by atoms with Gasteiger partial charge in [-0.05, 0) is 6.92 Å². The average Bonchev–Trinajstić information content (AvgIpc) is 2.82. The molecule has 1 fully saturated rings. The molecule has 0 saturated carbocycles. The molecule has 10 nitrogen and oxygen atoms in total. The molecule has 0 aliphatic carbocycles. The van der Waals surface area contributed by atoms with Gasteiger partial charge in [0.15, 0.2) is 12.3 Å². The number of aromatic nitrogens is 2. The van der Waals surface area contributed by atoms with Gasteiger partial charge in [0.05, 0.1) is 0 Å². The number of carbonyl (C=O) groups excluding carboxylic acids is 2. The molecule has 0 amide bonds. The summed E-state index contributed by atoms with van der Waals surface area (Å²) in [7, 11) is 0. The third-order valence-electron chi connectivity index (χ3n) is 3.90. The molecule has 1 saturated heterocycles. The van der Waals surface area contributed by atoms with E-state index in [1.165, 1.54) is 0 Å². The zero-order chi connectivity index (χ0) is 23.1. The van der Waals surface area contributed by atoms with Crippen LogP contribution in [0.2, 0.25) is 0 Å². The van der Waals surface area contributed by atoms with E-state index in [-0.39, 0.29) is 0 Å². The van der Waals surface area contributed by atoms with Crippen molar-refractivity contribution in [2.24, 2.45) is 0 Å². The van der Waals surface area contributed by atoms with Crippen molar-refractivity contribution >= 4 is 81.5 Å². The van der Waals surface area contributed by atoms with Gasteiger partial charge in [0.25, 0.3) is 13.1 Å². The van der Waals surface area contributed by atoms with Crippen LogP contribution in [-0.4, -0.2) is 58.6 Å². The van der Waals surface area contributed by atoms with Crippen LogP contribution >= 0.6 is 69.6 Å². The number of esters is 2. The summed E-state index contributed by atoms with van der Waals surface area (Å²) < 4.78 is 11.3. The van der Waals surface area contributed by atoms with Gasteiger partial charge in [-0.2, -0.15) is 0 Å². The van der Waals surface area contributed by atoms with Gasteiger partial charge in [-0.25, -0.2) is 14.4 Å². The summed E-state index contributed by atoms with van der Waals surface area (Å²) in [4.78, 5) is 49.1. The van der Waals surface area contributed by atoms with Crippen molar-refractivity contribution in [3.63, 3.8) is 0 Å². The van der Waals surface area contributed by atoms with Crippen molar-refractivity contribution in [2.45, 2.75) is 38.5 Å². The van der Waals surface area contributed by atoms with Crippen LogP contribution in [0.3, 0.4) is 0 Å². The van der Waals surface area contributed by atoms with Crippen LogP contribution in [0.1, 0.15) is 13.2 Å². The van der Waals surface area contributed by atoms with Crippen molar-refractivity contribution in [2.75, 3.05) is 6.61 Å². The van der Waals surface area contributed by atoms with Gasteiger partial charge in [0, 0.05) is 12.3 Å². The summed E-state index contributed by atoms with van der Waals surface area (Å²) in [6, 6.07) is 0.985. The van der Waals surface area contributed by atoms with E-state index < -0.39 is 61.4 Å². The molecule has 1 aromatic heterocycles. The predicted molar refractivity (Wildman–Crippen MR) is 107 cm³/mol. The SMILES string of the molecule is CC1(O)C(OC(=O)C(Cl)(Cl)Cl)C(COC(=O)C(Cl)(Cl)Cl)OC1n1ccc(=O)[nH]c1=O. The first-order valence-electron chi connectivity index (χ1n) is 7.76. The monoisotopic (exact) mass is 546 g/mol. The van der Waals surface area contributed by atoms with Gasteiger partial charge in [-0.1, -0.05) is 69.6 Å². The molecule has 16 heteroatoms. The summed E-state index contributed by atoms with van der Waals surface area (Å²) in [5.74, 6) is -2.67. The van der Waals surface area contributed by atoms with Crippen LogP contribution in [0.5, 0.6) is 0 Å². The molecule has 0 aromatic carbocycles. The number of H-pyrrole nitrogens is 1. The Morgan fingerprint density at radius 3 is 2.27 bits per heavy atom. The molecule has 4 unspecified atom stereocenters. The van der Waals surface area contributed by atoms with E-state index >= 15 is 0 Å². The van der Waals surface area contributed by atoms with Gasteiger partial charge in [0.2, 0.25) is 0 Å². The summed E-state index contributed by atoms with van der Waals surface area (Å²) in [5.41, 5.74) is -3.79. The maximum absolute atomic E-state index is 12.1. The predicted octanol–water partition coefficient (Wildman–Crippen LogP) is 1.38. The topological polar surface area (TPSA) is 137 Å². The van der Waals surface area contributed by atoms with Crippen LogP contribution < -0.4 is 11.2 Å². The molecular formula is C14H12Cl6N2O8. The number of hydrogen-bond donors (Lipinski definition) is 2. The fraction of sp³-hybridized carbons (Fsp3) is 0.571. The van der Waals surface area contributed by atoms with Crippen molar-refractivity contribution in [3.8, 4) is 0 Å². The van der Waals surface area contributed by atoms with Gasteiger partial charge >= 0.3 is 17.6 Å². The van der Waals surface area contributed by atoms with E-state index in [9.17, 15) is 24.3 Å². The highest BCUT2D eigenvalue weighted by Gasteiger charge is 2.58. The van der Waals surface area contributed by atoms with E-state index in [2.05, 4.69) is 0 Å². The normalized spacial score (nSPS) is 27.0. The molecule has 0 spiro atoms. The number of ether oxygens (including phenoxy) is 3. The first-order valence-corrected chi connectivity index (χ1v) is 10.0. The zero-order valence-electron chi connectivity index (χ0n) is 14.6. The van der Waals surface area contributed by atoms with Crippen molar-refractivity contribution in [3.05, 3.63) is 33.1 Å². The lowest BCUT2D eigenvalue weighted by Crippen LogP contribution is -2.50. The second-order valence-corrected chi connectivity index (χ2v) is 10.8. The fourth-order valence-corrected chi connectivity index (χ4v) is 2.89. The first-order chi connectivity index (χ1) is 13.5. The van der Waals surface area contributed by atoms with Crippen LogP contribution in [0.15, 0.2) is 21.9 Å². The van der Waals surface area contributed by atoms with Crippen LogP contribution in [-0.2, 0) is 23.8 Å². The van der Waals surface area contributed by atoms with E-state index in [1.807, 2.05) is 4.98 Å². The van der Waals surface area contributed by atoms with Crippen molar-refractivity contribution in [1.82, 2.24) is 9.55 Å². The van der Waals surface area contributed by atoms with Crippen molar-refractivity contribution in [1.29, 1.82) is 0 Å². The highest BCUT2D eigenvalue weighted by Crippen LogP contribution is 2.41. The highest BCUT2D eigenvalue weighted by atomic mass is 35.6. The highest BCUT2D eigenvalue weighted by molar-refractivity contribution is 6.76. The molecular weight excluding hydrogens is 537 g/mol. The Hall–Kier alpha value is -0.720. The second-order valence-electron chi connectivity index (χ2n) is 6.19.